The summed E-state index contributed by atoms with van der Waals surface area (Å²) in [5.41, 5.74) is 2.04. The zero-order valence-corrected chi connectivity index (χ0v) is 9.87. The average molecular weight is 232 g/mol. The maximum Gasteiger partial charge on any atom is 0.0720 e. The Bertz CT molecular complexity index is 505. The summed E-state index contributed by atoms with van der Waals surface area (Å²) in [5, 5.41) is 1.82. The lowest BCUT2D eigenvalue weighted by Gasteiger charge is -2.04. The molecule has 0 bridgehead atoms. The minimum absolute atomic E-state index is 0.791. The number of hydrogen-bond acceptors (Lipinski definition) is 1. The van der Waals surface area contributed by atoms with Crippen molar-refractivity contribution in [1.82, 2.24) is 4.98 Å². The normalized spacial score (nSPS) is 10.6. The van der Waals surface area contributed by atoms with Crippen LogP contribution in [0, 0.1) is 0 Å². The van der Waals surface area contributed by atoms with Gasteiger partial charge >= 0.3 is 0 Å². The third-order valence-corrected chi connectivity index (χ3v) is 2.87. The number of aromatic nitrogens is 1. The van der Waals surface area contributed by atoms with Gasteiger partial charge in [-0.2, -0.15) is 0 Å². The van der Waals surface area contributed by atoms with Gasteiger partial charge < -0.3 is 0 Å². The van der Waals surface area contributed by atoms with Crippen molar-refractivity contribution in [3.8, 4) is 0 Å². The molecular weight excluding hydrogens is 218 g/mol. The van der Waals surface area contributed by atoms with Crippen molar-refractivity contribution < 1.29 is 0 Å². The molecule has 0 aliphatic rings. The molecule has 82 valence electrons. The summed E-state index contributed by atoms with van der Waals surface area (Å²) in [6, 6.07) is 9.93. The second-order valence-corrected chi connectivity index (χ2v) is 4.20. The lowest BCUT2D eigenvalue weighted by Crippen LogP contribution is -1.91. The molecule has 0 aliphatic carbocycles. The van der Waals surface area contributed by atoms with E-state index in [2.05, 4.69) is 11.6 Å². The van der Waals surface area contributed by atoms with Crippen molar-refractivity contribution in [3.63, 3.8) is 0 Å². The zero-order chi connectivity index (χ0) is 11.4. The Morgan fingerprint density at radius 1 is 1.31 bits per heavy atom. The Morgan fingerprint density at radius 2 is 2.12 bits per heavy atom. The largest absolute Gasteiger partial charge is 0.253 e. The van der Waals surface area contributed by atoms with E-state index in [1.807, 2.05) is 36.4 Å². The van der Waals surface area contributed by atoms with E-state index in [0.29, 0.717) is 0 Å². The quantitative estimate of drug-likeness (QED) is 0.562. The highest BCUT2D eigenvalue weighted by Crippen LogP contribution is 2.23. The second-order valence-electron chi connectivity index (χ2n) is 3.79. The summed E-state index contributed by atoms with van der Waals surface area (Å²) in [7, 11) is 0. The molecule has 0 saturated carbocycles. The first kappa shape index (κ1) is 11.2. The van der Waals surface area contributed by atoms with Crippen LogP contribution in [0.25, 0.3) is 10.9 Å². The Kier molecular flexibility index (Phi) is 3.58. The number of hydrogen-bond donors (Lipinski definition) is 0. The van der Waals surface area contributed by atoms with E-state index in [9.17, 15) is 0 Å². The summed E-state index contributed by atoms with van der Waals surface area (Å²) >= 11 is 6.21. The Balaban J connectivity index is 2.30. The number of pyridine rings is 1. The van der Waals surface area contributed by atoms with Crippen LogP contribution in [-0.2, 0) is 6.42 Å². The van der Waals surface area contributed by atoms with Gasteiger partial charge in [0.05, 0.1) is 10.5 Å². The molecule has 0 N–H and O–H groups in total. The molecule has 1 aromatic carbocycles. The molecule has 16 heavy (non-hydrogen) atoms. The molecule has 0 saturated heterocycles. The van der Waals surface area contributed by atoms with Crippen LogP contribution in [0.3, 0.4) is 0 Å². The Morgan fingerprint density at radius 3 is 2.94 bits per heavy atom. The standard InChI is InChI=1S/C14H14ClN/c1-2-3-4-7-11-10-13(15)12-8-5-6-9-14(12)16-11/h2,5-6,8-10H,1,3-4,7H2. The minimum atomic E-state index is 0.791. The molecule has 2 rings (SSSR count). The van der Waals surface area contributed by atoms with Gasteiger partial charge in [-0.25, -0.2) is 0 Å². The summed E-state index contributed by atoms with van der Waals surface area (Å²) in [6.45, 7) is 3.71. The molecule has 0 unspecified atom stereocenters. The van der Waals surface area contributed by atoms with Gasteiger partial charge in [-0.1, -0.05) is 35.9 Å². The Hall–Kier alpha value is -1.34. The highest BCUT2D eigenvalue weighted by atomic mass is 35.5. The lowest BCUT2D eigenvalue weighted by atomic mass is 10.1. The van der Waals surface area contributed by atoms with E-state index in [4.69, 9.17) is 11.6 Å². The van der Waals surface area contributed by atoms with Crippen molar-refractivity contribution in [2.45, 2.75) is 19.3 Å². The van der Waals surface area contributed by atoms with Crippen molar-refractivity contribution in [1.29, 1.82) is 0 Å². The number of nitrogens with zero attached hydrogens (tertiary/aromatic N) is 1. The predicted molar refractivity (Wildman–Crippen MR) is 69.9 cm³/mol. The van der Waals surface area contributed by atoms with Crippen LogP contribution in [-0.4, -0.2) is 4.98 Å². The SMILES string of the molecule is C=CCCCc1cc(Cl)c2ccccc2n1. The number of para-hydroxylation sites is 1. The van der Waals surface area contributed by atoms with Crippen LogP contribution >= 0.6 is 11.6 Å². The molecule has 0 fully saturated rings. The van der Waals surface area contributed by atoms with Gasteiger partial charge in [0.25, 0.3) is 0 Å². The van der Waals surface area contributed by atoms with Gasteiger partial charge in [-0.15, -0.1) is 6.58 Å². The minimum Gasteiger partial charge on any atom is -0.253 e. The number of benzene rings is 1. The van der Waals surface area contributed by atoms with E-state index >= 15 is 0 Å². The first-order valence-corrected chi connectivity index (χ1v) is 5.84. The number of rotatable bonds is 4. The van der Waals surface area contributed by atoms with Crippen molar-refractivity contribution in [3.05, 3.63) is 53.7 Å². The van der Waals surface area contributed by atoms with E-state index in [1.54, 1.807) is 0 Å². The van der Waals surface area contributed by atoms with Crippen LogP contribution in [0.4, 0.5) is 0 Å². The van der Waals surface area contributed by atoms with E-state index in [0.717, 1.165) is 40.9 Å². The molecule has 2 heteroatoms. The van der Waals surface area contributed by atoms with Gasteiger partial charge in [0.1, 0.15) is 0 Å². The lowest BCUT2D eigenvalue weighted by molar-refractivity contribution is 0.823. The van der Waals surface area contributed by atoms with Crippen molar-refractivity contribution in [2.75, 3.05) is 0 Å². The summed E-state index contributed by atoms with van der Waals surface area (Å²) < 4.78 is 0. The number of allylic oxidation sites excluding steroid dienone is 1. The first-order valence-electron chi connectivity index (χ1n) is 5.46. The van der Waals surface area contributed by atoms with Crippen LogP contribution in [0.15, 0.2) is 43.0 Å². The van der Waals surface area contributed by atoms with Gasteiger partial charge in [-0.3, -0.25) is 4.98 Å². The Labute approximate surface area is 101 Å². The maximum absolute atomic E-state index is 6.21. The van der Waals surface area contributed by atoms with Crippen molar-refractivity contribution >= 4 is 22.5 Å². The summed E-state index contributed by atoms with van der Waals surface area (Å²) in [5.74, 6) is 0. The molecular formula is C14H14ClN. The number of aryl methyl sites for hydroxylation is 1. The van der Waals surface area contributed by atoms with Crippen LogP contribution < -0.4 is 0 Å². The molecule has 0 spiro atoms. The molecule has 0 amide bonds. The highest BCUT2D eigenvalue weighted by Gasteiger charge is 2.02. The predicted octanol–water partition coefficient (Wildman–Crippen LogP) is 4.40. The monoisotopic (exact) mass is 231 g/mol. The van der Waals surface area contributed by atoms with Gasteiger partial charge in [0, 0.05) is 11.1 Å². The fourth-order valence-corrected chi connectivity index (χ4v) is 2.03. The van der Waals surface area contributed by atoms with Gasteiger partial charge in [0.2, 0.25) is 0 Å². The summed E-state index contributed by atoms with van der Waals surface area (Å²) in [6.07, 6.45) is 4.98. The first-order chi connectivity index (χ1) is 7.81. The van der Waals surface area contributed by atoms with E-state index < -0.39 is 0 Å². The number of fused-ring (bicyclic) bond motifs is 1. The fourth-order valence-electron chi connectivity index (χ4n) is 1.74. The van der Waals surface area contributed by atoms with Crippen molar-refractivity contribution in [2.24, 2.45) is 0 Å². The molecule has 1 nitrogen and oxygen atoms in total. The fraction of sp³-hybridized carbons (Fsp3) is 0.214. The third-order valence-electron chi connectivity index (χ3n) is 2.56. The number of halogens is 1. The molecule has 1 heterocycles. The molecule has 1 aromatic heterocycles. The molecule has 0 radical (unpaired) electrons. The van der Waals surface area contributed by atoms with Crippen LogP contribution in [0.2, 0.25) is 5.02 Å². The van der Waals surface area contributed by atoms with E-state index in [-0.39, 0.29) is 0 Å². The molecule has 0 atom stereocenters. The topological polar surface area (TPSA) is 12.9 Å². The smallest absolute Gasteiger partial charge is 0.0720 e. The van der Waals surface area contributed by atoms with E-state index in [1.165, 1.54) is 0 Å². The second kappa shape index (κ2) is 5.13. The third kappa shape index (κ3) is 2.42. The molecule has 0 aliphatic heterocycles. The summed E-state index contributed by atoms with van der Waals surface area (Å²) in [4.78, 5) is 4.59. The average Bonchev–Trinajstić information content (AvgIpc) is 2.30. The van der Waals surface area contributed by atoms with Gasteiger partial charge in [0.15, 0.2) is 0 Å². The van der Waals surface area contributed by atoms with Gasteiger partial charge in [-0.05, 0) is 31.4 Å². The molecule has 2 aromatic rings. The maximum atomic E-state index is 6.21. The highest BCUT2D eigenvalue weighted by molar-refractivity contribution is 6.35. The van der Waals surface area contributed by atoms with Crippen LogP contribution in [0.1, 0.15) is 18.5 Å². The number of unbranched alkanes of at least 4 members (excludes halogenated alkanes) is 1. The van der Waals surface area contributed by atoms with Crippen LogP contribution in [0.5, 0.6) is 0 Å². The zero-order valence-electron chi connectivity index (χ0n) is 9.12.